The van der Waals surface area contributed by atoms with Crippen molar-refractivity contribution in [1.29, 1.82) is 0 Å². The van der Waals surface area contributed by atoms with Crippen molar-refractivity contribution >= 4 is 6.09 Å². The van der Waals surface area contributed by atoms with Crippen LogP contribution in [0.4, 0.5) is 4.79 Å². The lowest BCUT2D eigenvalue weighted by Crippen LogP contribution is -2.18. The summed E-state index contributed by atoms with van der Waals surface area (Å²) in [7, 11) is 3.36. The maximum Gasteiger partial charge on any atom is 0.410 e. The molecule has 4 nitrogen and oxygen atoms in total. The summed E-state index contributed by atoms with van der Waals surface area (Å²) >= 11 is 0. The second-order valence-electron chi connectivity index (χ2n) is 1.91. The van der Waals surface area contributed by atoms with Crippen molar-refractivity contribution in [2.75, 3.05) is 13.2 Å². The number of aliphatic hydroxyl groups excluding tert-OH is 1. The Morgan fingerprint density at radius 2 is 2.67 bits per heavy atom. The summed E-state index contributed by atoms with van der Waals surface area (Å²) in [6.45, 7) is 0.257. The van der Waals surface area contributed by atoms with E-state index >= 15 is 0 Å². The molecule has 1 amide bonds. The van der Waals surface area contributed by atoms with Crippen molar-refractivity contribution < 1.29 is 14.6 Å². The minimum atomic E-state index is -0.464. The predicted octanol–water partition coefficient (Wildman–Crippen LogP) is -0.409. The molecule has 0 aliphatic carbocycles. The highest BCUT2D eigenvalue weighted by molar-refractivity contribution is 5.70. The first-order valence-electron chi connectivity index (χ1n) is 2.63. The van der Waals surface area contributed by atoms with E-state index in [9.17, 15) is 4.79 Å². The molecule has 1 unspecified atom stereocenters. The first-order valence-corrected chi connectivity index (χ1v) is 2.63. The van der Waals surface area contributed by atoms with Crippen LogP contribution in [0, 0.1) is 7.05 Å². The molecule has 9 heavy (non-hydrogen) atoms. The molecule has 1 fully saturated rings. The number of cyclic esters (lactones) is 1. The van der Waals surface area contributed by atoms with E-state index in [1.165, 1.54) is 4.90 Å². The maximum atomic E-state index is 10.5. The Balaban J connectivity index is 2.44. The van der Waals surface area contributed by atoms with Crippen LogP contribution in [-0.2, 0) is 4.74 Å². The lowest BCUT2D eigenvalue weighted by atomic mass is 10.4. The van der Waals surface area contributed by atoms with Crippen molar-refractivity contribution in [2.24, 2.45) is 0 Å². The van der Waals surface area contributed by atoms with Gasteiger partial charge in [-0.3, -0.25) is 0 Å². The van der Waals surface area contributed by atoms with Crippen LogP contribution in [0.5, 0.6) is 0 Å². The molecular formula is C5H8NO3. The Bertz CT molecular complexity index is 125. The molecule has 0 aromatic rings. The summed E-state index contributed by atoms with van der Waals surface area (Å²) in [5.41, 5.74) is 0. The fraction of sp³-hybridized carbons (Fsp3) is 0.600. The smallest absolute Gasteiger partial charge is 0.410 e. The zero-order chi connectivity index (χ0) is 6.85. The van der Waals surface area contributed by atoms with Crippen LogP contribution in [0.15, 0.2) is 0 Å². The fourth-order valence-corrected chi connectivity index (χ4v) is 0.670. The number of hydrogen-bond donors (Lipinski definition) is 1. The Kier molecular flexibility index (Phi) is 1.57. The number of rotatable bonds is 1. The highest BCUT2D eigenvalue weighted by Gasteiger charge is 2.27. The van der Waals surface area contributed by atoms with Crippen LogP contribution in [-0.4, -0.2) is 35.4 Å². The molecule has 1 rings (SSSR count). The third-order valence-electron chi connectivity index (χ3n) is 1.15. The average molecular weight is 130 g/mol. The van der Waals surface area contributed by atoms with Gasteiger partial charge in [0.2, 0.25) is 0 Å². The molecule has 0 aromatic carbocycles. The van der Waals surface area contributed by atoms with E-state index in [2.05, 4.69) is 11.8 Å². The summed E-state index contributed by atoms with van der Waals surface area (Å²) in [6, 6.07) is 0. The van der Waals surface area contributed by atoms with E-state index < -0.39 is 6.09 Å². The highest BCUT2D eigenvalue weighted by atomic mass is 16.6. The minimum absolute atomic E-state index is 0.127. The molecule has 4 heteroatoms. The van der Waals surface area contributed by atoms with Crippen LogP contribution >= 0.6 is 0 Å². The molecule has 1 heterocycles. The normalized spacial score (nSPS) is 26.7. The third kappa shape index (κ3) is 1.13. The summed E-state index contributed by atoms with van der Waals surface area (Å²) in [5, 5.41) is 8.47. The predicted molar refractivity (Wildman–Crippen MR) is 29.4 cm³/mol. The van der Waals surface area contributed by atoms with E-state index in [-0.39, 0.29) is 12.7 Å². The van der Waals surface area contributed by atoms with Crippen LogP contribution in [0.1, 0.15) is 0 Å². The van der Waals surface area contributed by atoms with E-state index in [0.717, 1.165) is 0 Å². The highest BCUT2D eigenvalue weighted by Crippen LogP contribution is 2.07. The van der Waals surface area contributed by atoms with Gasteiger partial charge in [-0.15, -0.1) is 0 Å². The molecule has 1 N–H and O–H groups in total. The van der Waals surface area contributed by atoms with Gasteiger partial charge in [-0.2, -0.15) is 0 Å². The van der Waals surface area contributed by atoms with Crippen molar-refractivity contribution in [2.45, 2.75) is 6.10 Å². The zero-order valence-corrected chi connectivity index (χ0v) is 4.91. The SMILES string of the molecule is [CH2]N1CC(CO)OC1=O. The number of aliphatic hydroxyl groups is 1. The van der Waals surface area contributed by atoms with Gasteiger partial charge in [0.1, 0.15) is 6.10 Å². The first kappa shape index (κ1) is 6.35. The number of ether oxygens (including phenoxy) is 1. The molecular weight excluding hydrogens is 122 g/mol. The monoisotopic (exact) mass is 130 g/mol. The van der Waals surface area contributed by atoms with Crippen molar-refractivity contribution in [1.82, 2.24) is 4.90 Å². The Hall–Kier alpha value is -0.770. The molecule has 1 atom stereocenters. The molecule has 1 radical (unpaired) electrons. The standard InChI is InChI=1S/C5H8NO3/c1-6-2-4(3-7)9-5(6)8/h4,7H,1-3H2. The van der Waals surface area contributed by atoms with Gasteiger partial charge in [0.15, 0.2) is 0 Å². The minimum Gasteiger partial charge on any atom is -0.442 e. The summed E-state index contributed by atoms with van der Waals surface area (Å²) in [4.78, 5) is 11.7. The lowest BCUT2D eigenvalue weighted by molar-refractivity contribution is 0.0953. The van der Waals surface area contributed by atoms with Crippen LogP contribution < -0.4 is 0 Å². The molecule has 51 valence electrons. The number of amides is 1. The third-order valence-corrected chi connectivity index (χ3v) is 1.15. The van der Waals surface area contributed by atoms with Gasteiger partial charge in [0.25, 0.3) is 0 Å². The number of nitrogens with zero attached hydrogens (tertiary/aromatic N) is 1. The van der Waals surface area contributed by atoms with Crippen molar-refractivity contribution in [3.05, 3.63) is 7.05 Å². The quantitative estimate of drug-likeness (QED) is 0.525. The van der Waals surface area contributed by atoms with E-state index in [4.69, 9.17) is 5.11 Å². The van der Waals surface area contributed by atoms with Crippen LogP contribution in [0.3, 0.4) is 0 Å². The van der Waals surface area contributed by atoms with Crippen molar-refractivity contribution in [3.63, 3.8) is 0 Å². The van der Waals surface area contributed by atoms with Gasteiger partial charge >= 0.3 is 6.09 Å². The van der Waals surface area contributed by atoms with Gasteiger partial charge in [0.05, 0.1) is 13.2 Å². The number of carbonyl (C=O) groups is 1. The Labute approximate surface area is 53.0 Å². The fourth-order valence-electron chi connectivity index (χ4n) is 0.670. The second kappa shape index (κ2) is 2.23. The lowest BCUT2D eigenvalue weighted by Gasteiger charge is -2.00. The van der Waals surface area contributed by atoms with Crippen LogP contribution in [0.2, 0.25) is 0 Å². The zero-order valence-electron chi connectivity index (χ0n) is 4.91. The second-order valence-corrected chi connectivity index (χ2v) is 1.91. The molecule has 0 bridgehead atoms. The van der Waals surface area contributed by atoms with E-state index in [1.54, 1.807) is 0 Å². The molecule has 1 saturated heterocycles. The number of hydrogen-bond acceptors (Lipinski definition) is 3. The summed E-state index contributed by atoms with van der Waals surface area (Å²) < 4.78 is 4.60. The molecule has 0 spiro atoms. The molecule has 0 aromatic heterocycles. The molecule has 1 aliphatic rings. The largest absolute Gasteiger partial charge is 0.442 e. The van der Waals surface area contributed by atoms with Crippen LogP contribution in [0.25, 0.3) is 0 Å². The summed E-state index contributed by atoms with van der Waals surface area (Å²) in [5.74, 6) is 0. The van der Waals surface area contributed by atoms with Gasteiger partial charge in [-0.1, -0.05) is 0 Å². The molecule has 1 aliphatic heterocycles. The van der Waals surface area contributed by atoms with Gasteiger partial charge in [-0.25, -0.2) is 4.79 Å². The Morgan fingerprint density at radius 1 is 2.00 bits per heavy atom. The average Bonchev–Trinajstić information content (AvgIpc) is 2.13. The molecule has 0 saturated carbocycles. The van der Waals surface area contributed by atoms with Crippen molar-refractivity contribution in [3.8, 4) is 0 Å². The van der Waals surface area contributed by atoms with Gasteiger partial charge in [0, 0.05) is 7.05 Å². The van der Waals surface area contributed by atoms with E-state index in [0.29, 0.717) is 6.54 Å². The first-order chi connectivity index (χ1) is 4.24. The van der Waals surface area contributed by atoms with Gasteiger partial charge < -0.3 is 14.7 Å². The maximum absolute atomic E-state index is 10.5. The summed E-state index contributed by atoms with van der Waals surface area (Å²) in [6.07, 6.45) is -0.843. The Morgan fingerprint density at radius 3 is 2.89 bits per heavy atom. The van der Waals surface area contributed by atoms with Gasteiger partial charge in [-0.05, 0) is 0 Å². The van der Waals surface area contributed by atoms with E-state index in [1.807, 2.05) is 0 Å². The topological polar surface area (TPSA) is 49.8 Å². The number of carbonyl (C=O) groups excluding carboxylic acids is 1.